The van der Waals surface area contributed by atoms with E-state index in [2.05, 4.69) is 22.2 Å². The summed E-state index contributed by atoms with van der Waals surface area (Å²) < 4.78 is 1.87. The minimum absolute atomic E-state index is 0.173. The second kappa shape index (κ2) is 6.20. The summed E-state index contributed by atoms with van der Waals surface area (Å²) in [7, 11) is 0. The largest absolute Gasteiger partial charge is 0.305 e. The lowest BCUT2D eigenvalue weighted by molar-refractivity contribution is 0.102. The molecule has 118 valence electrons. The molecule has 3 aromatic heterocycles. The summed E-state index contributed by atoms with van der Waals surface area (Å²) in [6, 6.07) is 7.72. The van der Waals surface area contributed by atoms with E-state index in [0.29, 0.717) is 11.5 Å². The van der Waals surface area contributed by atoms with E-state index in [0.717, 1.165) is 35.3 Å². The van der Waals surface area contributed by atoms with Crippen LogP contribution in [0.25, 0.3) is 5.65 Å². The van der Waals surface area contributed by atoms with Crippen LogP contribution in [0.1, 0.15) is 40.7 Å². The van der Waals surface area contributed by atoms with Crippen molar-refractivity contribution in [2.75, 3.05) is 5.32 Å². The summed E-state index contributed by atoms with van der Waals surface area (Å²) in [5, 5.41) is 2.91. The number of carbonyl (C=O) groups is 1. The van der Waals surface area contributed by atoms with Gasteiger partial charge in [-0.25, -0.2) is 9.97 Å². The van der Waals surface area contributed by atoms with E-state index in [4.69, 9.17) is 0 Å². The van der Waals surface area contributed by atoms with E-state index < -0.39 is 0 Å². The molecule has 5 nitrogen and oxygen atoms in total. The second-order valence-corrected chi connectivity index (χ2v) is 5.71. The molecule has 0 bridgehead atoms. The zero-order chi connectivity index (χ0) is 16.4. The van der Waals surface area contributed by atoms with Gasteiger partial charge in [-0.1, -0.05) is 25.5 Å². The van der Waals surface area contributed by atoms with Crippen LogP contribution in [0.2, 0.25) is 0 Å². The quantitative estimate of drug-likeness (QED) is 0.802. The van der Waals surface area contributed by atoms with Crippen LogP contribution < -0.4 is 5.32 Å². The third-order valence-corrected chi connectivity index (χ3v) is 3.78. The molecule has 1 amide bonds. The number of anilines is 1. The molecule has 0 aliphatic rings. The fourth-order valence-corrected chi connectivity index (χ4v) is 2.63. The molecule has 0 atom stereocenters. The molecular weight excluding hydrogens is 288 g/mol. The van der Waals surface area contributed by atoms with E-state index in [1.807, 2.05) is 48.7 Å². The molecule has 0 aromatic carbocycles. The highest BCUT2D eigenvalue weighted by Crippen LogP contribution is 2.18. The van der Waals surface area contributed by atoms with E-state index >= 15 is 0 Å². The highest BCUT2D eigenvalue weighted by molar-refractivity contribution is 6.04. The van der Waals surface area contributed by atoms with Crippen molar-refractivity contribution in [1.29, 1.82) is 0 Å². The van der Waals surface area contributed by atoms with Gasteiger partial charge in [0.2, 0.25) is 0 Å². The number of aryl methyl sites for hydroxylation is 3. The van der Waals surface area contributed by atoms with E-state index in [9.17, 15) is 4.79 Å². The summed E-state index contributed by atoms with van der Waals surface area (Å²) in [6.45, 7) is 6.01. The molecule has 0 aliphatic carbocycles. The van der Waals surface area contributed by atoms with Gasteiger partial charge in [0.1, 0.15) is 17.2 Å². The van der Waals surface area contributed by atoms with E-state index in [1.54, 1.807) is 6.20 Å². The van der Waals surface area contributed by atoms with Crippen LogP contribution >= 0.6 is 0 Å². The molecule has 0 saturated heterocycles. The van der Waals surface area contributed by atoms with Gasteiger partial charge >= 0.3 is 0 Å². The summed E-state index contributed by atoms with van der Waals surface area (Å²) in [4.78, 5) is 21.7. The van der Waals surface area contributed by atoms with Crippen molar-refractivity contribution in [3.8, 4) is 0 Å². The van der Waals surface area contributed by atoms with Gasteiger partial charge in [-0.15, -0.1) is 0 Å². The van der Waals surface area contributed by atoms with Gasteiger partial charge in [0.05, 0.1) is 5.69 Å². The van der Waals surface area contributed by atoms with E-state index in [1.165, 1.54) is 0 Å². The number of rotatable bonds is 4. The van der Waals surface area contributed by atoms with Crippen LogP contribution in [0.5, 0.6) is 0 Å². The number of imidazole rings is 1. The third-order valence-electron chi connectivity index (χ3n) is 3.78. The van der Waals surface area contributed by atoms with Crippen molar-refractivity contribution in [2.24, 2.45) is 0 Å². The number of nitrogens with one attached hydrogen (secondary N) is 1. The predicted octanol–water partition coefficient (Wildman–Crippen LogP) is 3.55. The number of pyridine rings is 2. The van der Waals surface area contributed by atoms with Crippen LogP contribution in [0.4, 0.5) is 5.82 Å². The van der Waals surface area contributed by atoms with Crippen LogP contribution in [-0.4, -0.2) is 20.3 Å². The Balaban J connectivity index is 2.06. The first-order valence-electron chi connectivity index (χ1n) is 7.80. The van der Waals surface area contributed by atoms with Gasteiger partial charge in [0.25, 0.3) is 5.91 Å². The Morgan fingerprint density at radius 1 is 1.26 bits per heavy atom. The molecule has 3 aromatic rings. The standard InChI is InChI=1S/C18H20N4O/c1-4-6-14-16(22-11-12(2)8-9-15(22)20-14)18(23)21-17-13(3)7-5-10-19-17/h5,7-11H,4,6H2,1-3H3,(H,19,21,23). The Hall–Kier alpha value is -2.69. The summed E-state index contributed by atoms with van der Waals surface area (Å²) >= 11 is 0. The lowest BCUT2D eigenvalue weighted by Gasteiger charge is -2.08. The van der Waals surface area contributed by atoms with Gasteiger partial charge in [-0.05, 0) is 43.5 Å². The van der Waals surface area contributed by atoms with Gasteiger partial charge in [0.15, 0.2) is 0 Å². The van der Waals surface area contributed by atoms with Gasteiger partial charge in [-0.2, -0.15) is 0 Å². The molecule has 0 spiro atoms. The molecule has 0 radical (unpaired) electrons. The molecular formula is C18H20N4O. The fraction of sp³-hybridized carbons (Fsp3) is 0.278. The van der Waals surface area contributed by atoms with Crippen molar-refractivity contribution in [1.82, 2.24) is 14.4 Å². The molecule has 0 saturated carbocycles. The lowest BCUT2D eigenvalue weighted by atomic mass is 10.2. The first-order chi connectivity index (χ1) is 11.1. The maximum Gasteiger partial charge on any atom is 0.275 e. The smallest absolute Gasteiger partial charge is 0.275 e. The minimum Gasteiger partial charge on any atom is -0.305 e. The van der Waals surface area contributed by atoms with Crippen LogP contribution in [0.3, 0.4) is 0 Å². The minimum atomic E-state index is -0.173. The predicted molar refractivity (Wildman–Crippen MR) is 90.9 cm³/mol. The fourth-order valence-electron chi connectivity index (χ4n) is 2.63. The molecule has 0 unspecified atom stereocenters. The normalized spacial score (nSPS) is 10.9. The Morgan fingerprint density at radius 2 is 2.09 bits per heavy atom. The maximum atomic E-state index is 12.8. The number of hydrogen-bond donors (Lipinski definition) is 1. The molecule has 3 heterocycles. The maximum absolute atomic E-state index is 12.8. The van der Waals surface area contributed by atoms with Crippen molar-refractivity contribution in [3.63, 3.8) is 0 Å². The first-order valence-corrected chi connectivity index (χ1v) is 7.80. The molecule has 1 N–H and O–H groups in total. The van der Waals surface area contributed by atoms with Crippen LogP contribution in [-0.2, 0) is 6.42 Å². The number of amides is 1. The average Bonchev–Trinajstić information content (AvgIpc) is 2.87. The summed E-state index contributed by atoms with van der Waals surface area (Å²) in [5.41, 5.74) is 4.23. The van der Waals surface area contributed by atoms with Crippen molar-refractivity contribution in [2.45, 2.75) is 33.6 Å². The molecule has 0 aliphatic heterocycles. The zero-order valence-corrected chi connectivity index (χ0v) is 13.6. The van der Waals surface area contributed by atoms with Crippen LogP contribution in [0.15, 0.2) is 36.7 Å². The molecule has 5 heteroatoms. The Bertz CT molecular complexity index is 867. The highest BCUT2D eigenvalue weighted by atomic mass is 16.2. The number of fused-ring (bicyclic) bond motifs is 1. The number of carbonyl (C=O) groups excluding carboxylic acids is 1. The van der Waals surface area contributed by atoms with Crippen LogP contribution in [0, 0.1) is 13.8 Å². The lowest BCUT2D eigenvalue weighted by Crippen LogP contribution is -2.18. The van der Waals surface area contributed by atoms with Gasteiger partial charge in [0, 0.05) is 12.4 Å². The first kappa shape index (κ1) is 15.2. The Morgan fingerprint density at radius 3 is 2.83 bits per heavy atom. The SMILES string of the molecule is CCCc1nc2ccc(C)cn2c1C(=O)Nc1ncccc1C. The van der Waals surface area contributed by atoms with E-state index in [-0.39, 0.29) is 5.91 Å². The Kier molecular flexibility index (Phi) is 4.10. The Labute approximate surface area is 135 Å². The third kappa shape index (κ3) is 2.95. The number of hydrogen-bond acceptors (Lipinski definition) is 3. The van der Waals surface area contributed by atoms with Crippen molar-refractivity contribution < 1.29 is 4.79 Å². The second-order valence-electron chi connectivity index (χ2n) is 5.71. The topological polar surface area (TPSA) is 59.3 Å². The van der Waals surface area contributed by atoms with Gasteiger partial charge in [-0.3, -0.25) is 9.20 Å². The number of aromatic nitrogens is 3. The monoisotopic (exact) mass is 308 g/mol. The average molecular weight is 308 g/mol. The molecule has 0 fully saturated rings. The molecule has 23 heavy (non-hydrogen) atoms. The number of nitrogens with zero attached hydrogens (tertiary/aromatic N) is 3. The zero-order valence-electron chi connectivity index (χ0n) is 13.6. The highest BCUT2D eigenvalue weighted by Gasteiger charge is 2.19. The summed E-state index contributed by atoms with van der Waals surface area (Å²) in [6.07, 6.45) is 5.33. The van der Waals surface area contributed by atoms with Crippen molar-refractivity contribution >= 4 is 17.4 Å². The molecule has 3 rings (SSSR count). The van der Waals surface area contributed by atoms with Gasteiger partial charge < -0.3 is 5.32 Å². The summed E-state index contributed by atoms with van der Waals surface area (Å²) in [5.74, 6) is 0.413. The van der Waals surface area contributed by atoms with Crippen molar-refractivity contribution in [3.05, 3.63) is 59.2 Å².